The van der Waals surface area contributed by atoms with Crippen LogP contribution < -0.4 is 9.47 Å². The number of rotatable bonds is 8. The van der Waals surface area contributed by atoms with Crippen LogP contribution in [0.5, 0.6) is 11.5 Å². The number of aromatic amines is 1. The van der Waals surface area contributed by atoms with Crippen LogP contribution in [0.25, 0.3) is 22.4 Å². The maximum absolute atomic E-state index is 12.7. The Hall–Kier alpha value is -3.81. The van der Waals surface area contributed by atoms with Gasteiger partial charge < -0.3 is 23.9 Å². The number of nitrogens with zero attached hydrogens (tertiary/aromatic N) is 3. The van der Waals surface area contributed by atoms with Gasteiger partial charge in [0.05, 0.1) is 13.2 Å². The van der Waals surface area contributed by atoms with Crippen molar-refractivity contribution in [3.63, 3.8) is 0 Å². The highest BCUT2D eigenvalue weighted by atomic mass is 16.5. The van der Waals surface area contributed by atoms with Crippen LogP contribution in [0.15, 0.2) is 53.2 Å². The molecule has 0 radical (unpaired) electrons. The minimum atomic E-state index is -0.0988. The van der Waals surface area contributed by atoms with Gasteiger partial charge in [0, 0.05) is 42.7 Å². The van der Waals surface area contributed by atoms with E-state index in [1.165, 1.54) is 0 Å². The summed E-state index contributed by atoms with van der Waals surface area (Å²) in [6.45, 7) is 6.03. The molecular weight excluding hydrogens is 420 g/mol. The van der Waals surface area contributed by atoms with E-state index in [-0.39, 0.29) is 11.8 Å². The molecule has 0 aliphatic carbocycles. The molecule has 0 saturated carbocycles. The zero-order chi connectivity index (χ0) is 22.8. The summed E-state index contributed by atoms with van der Waals surface area (Å²) in [5.41, 5.74) is 2.85. The van der Waals surface area contributed by atoms with Gasteiger partial charge in [0.25, 0.3) is 5.89 Å². The summed E-state index contributed by atoms with van der Waals surface area (Å²) >= 11 is 0. The highest BCUT2D eigenvalue weighted by molar-refractivity contribution is 5.83. The van der Waals surface area contributed by atoms with Crippen molar-refractivity contribution in [3.05, 3.63) is 60.0 Å². The van der Waals surface area contributed by atoms with Gasteiger partial charge in [0.2, 0.25) is 5.91 Å². The SMILES string of the molecule is CCOc1ccc(CN2CC(c3noc(-c4ccc5cc[nH]c5c4)n3)CC2=O)cc1OCC. The fourth-order valence-electron chi connectivity index (χ4n) is 4.21. The highest BCUT2D eigenvalue weighted by Crippen LogP contribution is 2.32. The number of amides is 1. The molecule has 33 heavy (non-hydrogen) atoms. The van der Waals surface area contributed by atoms with Gasteiger partial charge in [0.1, 0.15) is 0 Å². The van der Waals surface area contributed by atoms with Gasteiger partial charge in [-0.2, -0.15) is 4.98 Å². The summed E-state index contributed by atoms with van der Waals surface area (Å²) in [5.74, 6) is 2.41. The second-order valence-electron chi connectivity index (χ2n) is 8.06. The van der Waals surface area contributed by atoms with Crippen molar-refractivity contribution in [2.45, 2.75) is 32.7 Å². The van der Waals surface area contributed by atoms with Crippen molar-refractivity contribution >= 4 is 16.8 Å². The number of aromatic nitrogens is 3. The summed E-state index contributed by atoms with van der Waals surface area (Å²) in [6.07, 6.45) is 2.26. The fraction of sp³-hybridized carbons (Fsp3) is 0.320. The zero-order valence-corrected chi connectivity index (χ0v) is 18.7. The molecule has 2 aromatic carbocycles. The smallest absolute Gasteiger partial charge is 0.258 e. The summed E-state index contributed by atoms with van der Waals surface area (Å²) in [6, 6.07) is 13.8. The van der Waals surface area contributed by atoms with Crippen molar-refractivity contribution in [1.82, 2.24) is 20.0 Å². The Bertz CT molecular complexity index is 1280. The first kappa shape index (κ1) is 21.1. The molecule has 8 heteroatoms. The number of likely N-dealkylation sites (tertiary alicyclic amines) is 1. The van der Waals surface area contributed by atoms with Crippen LogP contribution in [0.3, 0.4) is 0 Å². The standard InChI is InChI=1S/C25H26N4O4/c1-3-31-21-8-5-16(11-22(21)32-4-2)14-29-15-19(13-23(29)30)24-27-25(33-28-24)18-7-6-17-9-10-26-20(17)12-18/h5-12,19,26H,3-4,13-15H2,1-2H3. The number of carbonyl (C=O) groups excluding carboxylic acids is 1. The Morgan fingerprint density at radius 1 is 1.09 bits per heavy atom. The van der Waals surface area contributed by atoms with Crippen LogP contribution in [0.2, 0.25) is 0 Å². The normalized spacial score (nSPS) is 16.0. The topological polar surface area (TPSA) is 93.5 Å². The number of hydrogen-bond acceptors (Lipinski definition) is 6. The van der Waals surface area contributed by atoms with Crippen LogP contribution in [-0.2, 0) is 11.3 Å². The van der Waals surface area contributed by atoms with Crippen molar-refractivity contribution < 1.29 is 18.8 Å². The summed E-state index contributed by atoms with van der Waals surface area (Å²) in [7, 11) is 0. The van der Waals surface area contributed by atoms with Crippen molar-refractivity contribution in [3.8, 4) is 23.0 Å². The molecule has 1 amide bonds. The van der Waals surface area contributed by atoms with Gasteiger partial charge in [-0.05, 0) is 55.1 Å². The lowest BCUT2D eigenvalue weighted by molar-refractivity contribution is -0.128. The van der Waals surface area contributed by atoms with E-state index in [0.29, 0.717) is 55.9 Å². The van der Waals surface area contributed by atoms with Crippen LogP contribution >= 0.6 is 0 Å². The largest absolute Gasteiger partial charge is 0.490 e. The average Bonchev–Trinajstić information content (AvgIpc) is 3.55. The van der Waals surface area contributed by atoms with Gasteiger partial charge >= 0.3 is 0 Å². The second kappa shape index (κ2) is 8.97. The molecule has 8 nitrogen and oxygen atoms in total. The molecule has 1 aliphatic heterocycles. The molecule has 1 saturated heterocycles. The molecule has 1 unspecified atom stereocenters. The summed E-state index contributed by atoms with van der Waals surface area (Å²) in [5, 5.41) is 5.30. The van der Waals surface area contributed by atoms with E-state index in [9.17, 15) is 4.79 Å². The Labute approximate surface area is 191 Å². The summed E-state index contributed by atoms with van der Waals surface area (Å²) < 4.78 is 16.9. The highest BCUT2D eigenvalue weighted by Gasteiger charge is 2.34. The first-order valence-corrected chi connectivity index (χ1v) is 11.2. The number of ether oxygens (including phenoxy) is 2. The number of fused-ring (bicyclic) bond motifs is 1. The van der Waals surface area contributed by atoms with Gasteiger partial charge in [-0.3, -0.25) is 4.79 Å². The van der Waals surface area contributed by atoms with Gasteiger partial charge in [0.15, 0.2) is 17.3 Å². The van der Waals surface area contributed by atoms with Crippen LogP contribution in [0.1, 0.15) is 37.6 Å². The first-order chi connectivity index (χ1) is 16.1. The Balaban J connectivity index is 1.29. The third kappa shape index (κ3) is 4.28. The van der Waals surface area contributed by atoms with E-state index >= 15 is 0 Å². The fourth-order valence-corrected chi connectivity index (χ4v) is 4.21. The zero-order valence-electron chi connectivity index (χ0n) is 18.7. The van der Waals surface area contributed by atoms with Crippen molar-refractivity contribution in [2.24, 2.45) is 0 Å². The minimum absolute atomic E-state index is 0.0750. The lowest BCUT2D eigenvalue weighted by Gasteiger charge is -2.18. The van der Waals surface area contributed by atoms with E-state index in [2.05, 4.69) is 15.1 Å². The monoisotopic (exact) mass is 446 g/mol. The lowest BCUT2D eigenvalue weighted by atomic mass is 10.1. The van der Waals surface area contributed by atoms with E-state index in [0.717, 1.165) is 22.0 Å². The third-order valence-electron chi connectivity index (χ3n) is 5.80. The molecule has 2 aromatic heterocycles. The molecule has 170 valence electrons. The predicted octanol–water partition coefficient (Wildman–Crippen LogP) is 4.53. The quantitative estimate of drug-likeness (QED) is 0.427. The van der Waals surface area contributed by atoms with Gasteiger partial charge in [-0.15, -0.1) is 0 Å². The Morgan fingerprint density at radius 3 is 2.79 bits per heavy atom. The second-order valence-corrected chi connectivity index (χ2v) is 8.06. The molecule has 4 aromatic rings. The maximum Gasteiger partial charge on any atom is 0.258 e. The average molecular weight is 447 g/mol. The molecule has 5 rings (SSSR count). The van der Waals surface area contributed by atoms with E-state index in [1.54, 1.807) is 0 Å². The Kier molecular flexibility index (Phi) is 5.73. The molecule has 1 aliphatic rings. The molecule has 0 bridgehead atoms. The first-order valence-electron chi connectivity index (χ1n) is 11.2. The van der Waals surface area contributed by atoms with Crippen LogP contribution in [0.4, 0.5) is 0 Å². The maximum atomic E-state index is 12.7. The van der Waals surface area contributed by atoms with E-state index in [4.69, 9.17) is 14.0 Å². The van der Waals surface area contributed by atoms with Gasteiger partial charge in [-0.1, -0.05) is 17.3 Å². The van der Waals surface area contributed by atoms with Crippen molar-refractivity contribution in [2.75, 3.05) is 19.8 Å². The number of carbonyl (C=O) groups is 1. The minimum Gasteiger partial charge on any atom is -0.490 e. The van der Waals surface area contributed by atoms with Crippen molar-refractivity contribution in [1.29, 1.82) is 0 Å². The Morgan fingerprint density at radius 2 is 1.94 bits per heavy atom. The molecule has 3 heterocycles. The lowest BCUT2D eigenvalue weighted by Crippen LogP contribution is -2.24. The molecule has 1 fully saturated rings. The molecule has 1 atom stereocenters. The number of hydrogen-bond donors (Lipinski definition) is 1. The molecule has 1 N–H and O–H groups in total. The number of nitrogens with one attached hydrogen (secondary N) is 1. The third-order valence-corrected chi connectivity index (χ3v) is 5.80. The van der Waals surface area contributed by atoms with E-state index < -0.39 is 0 Å². The predicted molar refractivity (Wildman–Crippen MR) is 123 cm³/mol. The van der Waals surface area contributed by atoms with Crippen LogP contribution in [-0.4, -0.2) is 45.7 Å². The van der Waals surface area contributed by atoms with Crippen LogP contribution in [0, 0.1) is 0 Å². The number of H-pyrrole nitrogens is 1. The molecule has 0 spiro atoms. The molecular formula is C25H26N4O4. The summed E-state index contributed by atoms with van der Waals surface area (Å²) in [4.78, 5) is 22.3. The van der Waals surface area contributed by atoms with E-state index in [1.807, 2.05) is 67.4 Å². The number of benzene rings is 2. The van der Waals surface area contributed by atoms with Gasteiger partial charge in [-0.25, -0.2) is 0 Å².